The molecule has 0 fully saturated rings. The zero-order valence-corrected chi connectivity index (χ0v) is 14.0. The second kappa shape index (κ2) is 6.01. The average Bonchev–Trinajstić information content (AvgIpc) is 2.78. The van der Waals surface area contributed by atoms with Crippen LogP contribution in [0.5, 0.6) is 0 Å². The molecular formula is C18H22N4O. The third-order valence-electron chi connectivity index (χ3n) is 4.59. The molecule has 0 amide bonds. The monoisotopic (exact) mass is 310 g/mol. The molecule has 0 saturated heterocycles. The fourth-order valence-corrected chi connectivity index (χ4v) is 2.95. The Hall–Kier alpha value is -2.40. The molecular weight excluding hydrogens is 288 g/mol. The molecule has 3 rings (SSSR count). The number of aliphatic hydroxyl groups is 1. The minimum absolute atomic E-state index is 0.0911. The van der Waals surface area contributed by atoms with Crippen LogP contribution < -0.4 is 5.32 Å². The Kier molecular flexibility index (Phi) is 4.05. The summed E-state index contributed by atoms with van der Waals surface area (Å²) in [5.74, 6) is 0.806. The van der Waals surface area contributed by atoms with Gasteiger partial charge in [0.05, 0.1) is 12.0 Å². The number of rotatable bonds is 4. The zero-order valence-electron chi connectivity index (χ0n) is 14.0. The first-order valence-corrected chi connectivity index (χ1v) is 7.79. The number of hydrogen-bond donors (Lipinski definition) is 2. The molecule has 0 radical (unpaired) electrons. The number of aromatic nitrogens is 3. The van der Waals surface area contributed by atoms with Crippen molar-refractivity contribution in [1.82, 2.24) is 14.5 Å². The van der Waals surface area contributed by atoms with Gasteiger partial charge in [-0.2, -0.15) is 0 Å². The minimum Gasteiger partial charge on any atom is -0.395 e. The lowest BCUT2D eigenvalue weighted by atomic mass is 10.1. The quantitative estimate of drug-likeness (QED) is 0.775. The highest BCUT2D eigenvalue weighted by Crippen LogP contribution is 2.31. The Labute approximate surface area is 136 Å². The lowest BCUT2D eigenvalue weighted by Gasteiger charge is -2.12. The number of aryl methyl sites for hydroxylation is 2. The molecule has 0 aliphatic rings. The van der Waals surface area contributed by atoms with E-state index in [-0.39, 0.29) is 6.61 Å². The topological polar surface area (TPSA) is 63.0 Å². The summed E-state index contributed by atoms with van der Waals surface area (Å²) in [5.41, 5.74) is 6.61. The van der Waals surface area contributed by atoms with Gasteiger partial charge in [0.2, 0.25) is 0 Å². The van der Waals surface area contributed by atoms with E-state index in [4.69, 9.17) is 0 Å². The van der Waals surface area contributed by atoms with Crippen molar-refractivity contribution in [2.24, 2.45) is 0 Å². The van der Waals surface area contributed by atoms with E-state index in [1.165, 1.54) is 11.1 Å². The number of nitrogens with one attached hydrogen (secondary N) is 1. The van der Waals surface area contributed by atoms with Gasteiger partial charge < -0.3 is 15.0 Å². The largest absolute Gasteiger partial charge is 0.395 e. The highest BCUT2D eigenvalue weighted by atomic mass is 16.3. The van der Waals surface area contributed by atoms with Crippen LogP contribution in [0.3, 0.4) is 0 Å². The predicted molar refractivity (Wildman–Crippen MR) is 93.3 cm³/mol. The highest BCUT2D eigenvalue weighted by Gasteiger charge is 2.16. The molecule has 0 aliphatic heterocycles. The molecule has 0 bridgehead atoms. The van der Waals surface area contributed by atoms with Crippen LogP contribution in [-0.2, 0) is 6.54 Å². The summed E-state index contributed by atoms with van der Waals surface area (Å²) in [6, 6.07) is 6.20. The molecule has 1 aromatic carbocycles. The van der Waals surface area contributed by atoms with E-state index >= 15 is 0 Å². The average molecular weight is 310 g/mol. The van der Waals surface area contributed by atoms with E-state index in [1.54, 1.807) is 6.33 Å². The van der Waals surface area contributed by atoms with E-state index in [9.17, 15) is 5.11 Å². The van der Waals surface area contributed by atoms with E-state index < -0.39 is 0 Å². The summed E-state index contributed by atoms with van der Waals surface area (Å²) >= 11 is 0. The predicted octanol–water partition coefficient (Wildman–Crippen LogP) is 3.40. The molecule has 0 spiro atoms. The van der Waals surface area contributed by atoms with Gasteiger partial charge in [-0.3, -0.25) is 0 Å². The number of aliphatic hydroxyl groups excluding tert-OH is 1. The van der Waals surface area contributed by atoms with Gasteiger partial charge in [-0.1, -0.05) is 12.1 Å². The highest BCUT2D eigenvalue weighted by molar-refractivity contribution is 5.93. The zero-order chi connectivity index (χ0) is 16.6. The molecule has 0 aliphatic carbocycles. The molecule has 5 nitrogen and oxygen atoms in total. The molecule has 0 atom stereocenters. The van der Waals surface area contributed by atoms with E-state index in [0.717, 1.165) is 33.8 Å². The summed E-state index contributed by atoms with van der Waals surface area (Å²) in [6.07, 6.45) is 1.57. The van der Waals surface area contributed by atoms with Crippen LogP contribution in [0.25, 0.3) is 11.0 Å². The van der Waals surface area contributed by atoms with Crippen LogP contribution in [0, 0.1) is 27.7 Å². The van der Waals surface area contributed by atoms with Crippen molar-refractivity contribution in [3.63, 3.8) is 0 Å². The molecule has 0 unspecified atom stereocenters. The third-order valence-corrected chi connectivity index (χ3v) is 4.59. The normalized spacial score (nSPS) is 11.2. The molecule has 5 heteroatoms. The van der Waals surface area contributed by atoms with Crippen molar-refractivity contribution in [2.45, 2.75) is 34.2 Å². The summed E-state index contributed by atoms with van der Waals surface area (Å²) < 4.78 is 2.04. The van der Waals surface area contributed by atoms with E-state index in [0.29, 0.717) is 6.54 Å². The second-order valence-electron chi connectivity index (χ2n) is 5.88. The Morgan fingerprint density at radius 3 is 2.61 bits per heavy atom. The van der Waals surface area contributed by atoms with Crippen molar-refractivity contribution in [2.75, 3.05) is 11.9 Å². The molecule has 2 N–H and O–H groups in total. The van der Waals surface area contributed by atoms with Crippen molar-refractivity contribution >= 4 is 22.5 Å². The maximum atomic E-state index is 9.30. The van der Waals surface area contributed by atoms with Gasteiger partial charge in [-0.15, -0.1) is 0 Å². The Morgan fingerprint density at radius 1 is 1.09 bits per heavy atom. The van der Waals surface area contributed by atoms with Gasteiger partial charge in [0.1, 0.15) is 17.8 Å². The van der Waals surface area contributed by atoms with Crippen LogP contribution >= 0.6 is 0 Å². The summed E-state index contributed by atoms with van der Waals surface area (Å²) in [4.78, 5) is 8.87. The number of fused-ring (bicyclic) bond motifs is 1. The van der Waals surface area contributed by atoms with Crippen LogP contribution in [-0.4, -0.2) is 26.2 Å². The van der Waals surface area contributed by atoms with Crippen molar-refractivity contribution in [1.29, 1.82) is 0 Å². The molecule has 23 heavy (non-hydrogen) atoms. The molecule has 3 aromatic rings. The number of hydrogen-bond acceptors (Lipinski definition) is 4. The Balaban J connectivity index is 2.15. The minimum atomic E-state index is 0.0911. The fourth-order valence-electron chi connectivity index (χ4n) is 2.95. The summed E-state index contributed by atoms with van der Waals surface area (Å²) in [6.45, 7) is 8.95. The third kappa shape index (κ3) is 2.57. The lowest BCUT2D eigenvalue weighted by Crippen LogP contribution is -2.05. The van der Waals surface area contributed by atoms with Crippen LogP contribution in [0.4, 0.5) is 11.5 Å². The Bertz CT molecular complexity index is 867. The first-order chi connectivity index (χ1) is 11.0. The Morgan fingerprint density at radius 2 is 1.87 bits per heavy atom. The number of anilines is 2. The van der Waals surface area contributed by atoms with Gasteiger partial charge in [0.15, 0.2) is 0 Å². The maximum absolute atomic E-state index is 9.30. The lowest BCUT2D eigenvalue weighted by molar-refractivity contribution is 0.276. The van der Waals surface area contributed by atoms with E-state index in [1.807, 2.05) is 17.6 Å². The summed E-state index contributed by atoms with van der Waals surface area (Å²) in [7, 11) is 0. The van der Waals surface area contributed by atoms with Crippen molar-refractivity contribution in [3.05, 3.63) is 46.9 Å². The first kappa shape index (κ1) is 15.5. The molecule has 0 saturated carbocycles. The van der Waals surface area contributed by atoms with Gasteiger partial charge in [-0.25, -0.2) is 9.97 Å². The molecule has 2 heterocycles. The number of nitrogens with zero attached hydrogens (tertiary/aromatic N) is 3. The van der Waals surface area contributed by atoms with Gasteiger partial charge >= 0.3 is 0 Å². The smallest absolute Gasteiger partial charge is 0.146 e. The fraction of sp³-hybridized carbons (Fsp3) is 0.333. The molecule has 2 aromatic heterocycles. The van der Waals surface area contributed by atoms with E-state index in [2.05, 4.69) is 48.2 Å². The standard InChI is InChI=1S/C18H22N4O/c1-11-6-5-7-15(12(11)2)21-17-16-13(3)14(4)22(8-9-23)18(16)20-10-19-17/h5-7,10,23H,8-9H2,1-4H3,(H,19,20,21). The first-order valence-electron chi connectivity index (χ1n) is 7.79. The van der Waals surface area contributed by atoms with Crippen LogP contribution in [0.15, 0.2) is 24.5 Å². The van der Waals surface area contributed by atoms with Gasteiger partial charge in [0, 0.05) is 17.9 Å². The maximum Gasteiger partial charge on any atom is 0.146 e. The second-order valence-corrected chi connectivity index (χ2v) is 5.88. The van der Waals surface area contributed by atoms with Crippen LogP contribution in [0.2, 0.25) is 0 Å². The van der Waals surface area contributed by atoms with Gasteiger partial charge in [0.25, 0.3) is 0 Å². The molecule has 120 valence electrons. The SMILES string of the molecule is Cc1cccc(Nc2ncnc3c2c(C)c(C)n3CCO)c1C. The van der Waals surface area contributed by atoms with Gasteiger partial charge in [-0.05, 0) is 50.5 Å². The van der Waals surface area contributed by atoms with Crippen molar-refractivity contribution < 1.29 is 5.11 Å². The summed E-state index contributed by atoms with van der Waals surface area (Å²) in [5, 5.41) is 13.8. The van der Waals surface area contributed by atoms with Crippen LogP contribution in [0.1, 0.15) is 22.4 Å². The number of benzene rings is 1. The van der Waals surface area contributed by atoms with Crippen molar-refractivity contribution in [3.8, 4) is 0 Å².